The van der Waals surface area contributed by atoms with Crippen molar-refractivity contribution in [2.24, 2.45) is 0 Å². The highest BCUT2D eigenvalue weighted by Crippen LogP contribution is 2.42. The molecule has 19 rings (SSSR count). The summed E-state index contributed by atoms with van der Waals surface area (Å²) in [6.07, 6.45) is 3.82. The average Bonchev–Trinajstić information content (AvgIpc) is 1.42. The summed E-state index contributed by atoms with van der Waals surface area (Å²) in [5.41, 5.74) is 23.3. The van der Waals surface area contributed by atoms with Gasteiger partial charge in [0, 0.05) is 65.6 Å². The van der Waals surface area contributed by atoms with Crippen LogP contribution in [0.2, 0.25) is 0 Å². The Morgan fingerprint density at radius 1 is 0.229 bits per heavy atom. The van der Waals surface area contributed by atoms with Gasteiger partial charge in [0.05, 0.1) is 67.9 Å². The predicted molar refractivity (Wildman–Crippen MR) is 404 cm³/mol. The molecule has 0 unspecified atom stereocenters. The van der Waals surface area contributed by atoms with Gasteiger partial charge in [-0.3, -0.25) is 9.97 Å². The van der Waals surface area contributed by atoms with E-state index in [1.165, 1.54) is 104 Å². The van der Waals surface area contributed by atoms with E-state index in [-0.39, 0.29) is 5.41 Å². The van der Waals surface area contributed by atoms with Crippen LogP contribution in [0.5, 0.6) is 0 Å². The number of benzene rings is 15. The Kier molecular flexibility index (Phi) is 13.3. The molecule has 19 aromatic rings. The molecule has 452 valence electrons. The summed E-state index contributed by atoms with van der Waals surface area (Å²) < 4.78 is 4.76. The summed E-state index contributed by atoms with van der Waals surface area (Å²) in [6, 6.07) is 111. The normalized spacial score (nSPS) is 11.9. The van der Waals surface area contributed by atoms with E-state index in [2.05, 4.69) is 339 Å². The van der Waals surface area contributed by atoms with Crippen molar-refractivity contribution in [2.45, 2.75) is 26.2 Å². The first-order chi connectivity index (χ1) is 47.2. The fourth-order valence-corrected chi connectivity index (χ4v) is 14.6. The molecule has 15 aromatic carbocycles. The molecular formula is C90H62N6. The van der Waals surface area contributed by atoms with Gasteiger partial charge in [-0.05, 0) is 139 Å². The van der Waals surface area contributed by atoms with Gasteiger partial charge < -0.3 is 9.13 Å². The number of rotatable bonds is 7. The molecule has 0 atom stereocenters. The average molecular weight is 1230 g/mol. The second-order valence-corrected chi connectivity index (χ2v) is 26.1. The number of para-hydroxylation sites is 2. The maximum absolute atomic E-state index is 5.20. The van der Waals surface area contributed by atoms with E-state index in [0.29, 0.717) is 0 Å². The number of aromatic nitrogens is 6. The number of hydrogen-bond acceptors (Lipinski definition) is 4. The minimum absolute atomic E-state index is 0.0633. The first-order valence-electron chi connectivity index (χ1n) is 32.9. The van der Waals surface area contributed by atoms with Gasteiger partial charge >= 0.3 is 0 Å². The molecule has 0 aliphatic heterocycles. The lowest BCUT2D eigenvalue weighted by molar-refractivity contribution is 0.591. The number of nitrogens with zero attached hydrogens (tertiary/aromatic N) is 6. The lowest BCUT2D eigenvalue weighted by atomic mass is 9.86. The molecule has 0 amide bonds. The van der Waals surface area contributed by atoms with Gasteiger partial charge in [0.15, 0.2) is 0 Å². The van der Waals surface area contributed by atoms with E-state index < -0.39 is 0 Å². The van der Waals surface area contributed by atoms with Crippen LogP contribution in [0.4, 0.5) is 0 Å². The first-order valence-corrected chi connectivity index (χ1v) is 32.9. The third-order valence-electron chi connectivity index (χ3n) is 19.4. The Balaban J connectivity index is 0.000000140. The van der Waals surface area contributed by atoms with E-state index in [1.807, 2.05) is 12.4 Å². The Hall–Kier alpha value is -12.4. The topological polar surface area (TPSA) is 61.4 Å². The molecule has 0 saturated carbocycles. The summed E-state index contributed by atoms with van der Waals surface area (Å²) >= 11 is 0. The predicted octanol–water partition coefficient (Wildman–Crippen LogP) is 23.7. The molecule has 0 radical (unpaired) electrons. The molecule has 0 N–H and O–H groups in total. The fraction of sp³-hybridized carbons (Fsp3) is 0.0444. The second-order valence-electron chi connectivity index (χ2n) is 26.1. The van der Waals surface area contributed by atoms with E-state index in [1.54, 1.807) is 0 Å². The highest BCUT2D eigenvalue weighted by Gasteiger charge is 2.21. The lowest BCUT2D eigenvalue weighted by Gasteiger charge is -2.19. The molecule has 0 aliphatic carbocycles. The van der Waals surface area contributed by atoms with Crippen LogP contribution < -0.4 is 0 Å². The molecule has 0 spiro atoms. The molecule has 6 nitrogen and oxygen atoms in total. The van der Waals surface area contributed by atoms with Crippen molar-refractivity contribution in [3.05, 3.63) is 327 Å². The van der Waals surface area contributed by atoms with Crippen molar-refractivity contribution in [3.63, 3.8) is 0 Å². The van der Waals surface area contributed by atoms with Crippen LogP contribution in [0, 0.1) is 0 Å². The highest BCUT2D eigenvalue weighted by molar-refractivity contribution is 6.24. The maximum Gasteiger partial charge on any atom is 0.0979 e. The van der Waals surface area contributed by atoms with E-state index >= 15 is 0 Å². The Labute approximate surface area is 555 Å². The molecule has 6 heteroatoms. The van der Waals surface area contributed by atoms with Crippen LogP contribution in [0.3, 0.4) is 0 Å². The van der Waals surface area contributed by atoms with Gasteiger partial charge in [0.25, 0.3) is 0 Å². The zero-order valence-electron chi connectivity index (χ0n) is 53.3. The van der Waals surface area contributed by atoms with Crippen LogP contribution in [0.1, 0.15) is 26.3 Å². The summed E-state index contributed by atoms with van der Waals surface area (Å²) in [4.78, 5) is 20.3. The smallest absolute Gasteiger partial charge is 0.0979 e. The van der Waals surface area contributed by atoms with Gasteiger partial charge in [0.1, 0.15) is 0 Å². The van der Waals surface area contributed by atoms with Gasteiger partial charge in [-0.25, -0.2) is 9.97 Å². The third kappa shape index (κ3) is 9.56. The third-order valence-corrected chi connectivity index (χ3v) is 19.4. The molecule has 0 bridgehead atoms. The van der Waals surface area contributed by atoms with Crippen molar-refractivity contribution in [3.8, 4) is 67.3 Å². The van der Waals surface area contributed by atoms with Crippen molar-refractivity contribution >= 4 is 109 Å². The standard InChI is InChI=1S/C46H29N3.C44H33N3/c1-3-11-30(12-4-1)33-23-25-43-40(27-33)41-28-34(24-26-44(41)49(43)35-13-5-2-6-14-35)31-19-21-32(22-20-31)42-29-47-45-38-17-9-7-15-36(38)37-16-8-10-18-39(37)46(45)48-42;1-44(2,3)31-22-24-41-38(26-31)37-25-30(21-23-40(37)47(41)32-11-5-4-6-12-32)28-17-19-29(20-18-28)39-27-45-42-35-15-9-7-13-33(35)34-14-8-10-16-36(34)43(42)46-39/h1-29H;4-27H,1-3H3. The van der Waals surface area contributed by atoms with Crippen molar-refractivity contribution in [2.75, 3.05) is 0 Å². The quantitative estimate of drug-likeness (QED) is 0.149. The van der Waals surface area contributed by atoms with Crippen molar-refractivity contribution in [1.82, 2.24) is 29.1 Å². The lowest BCUT2D eigenvalue weighted by Crippen LogP contribution is -2.10. The molecular weight excluding hydrogens is 1170 g/mol. The highest BCUT2D eigenvalue weighted by atomic mass is 15.0. The molecule has 4 aromatic heterocycles. The SMILES string of the molecule is CC(C)(C)c1ccc2c(c1)c1cc(-c3ccc(-c4cnc5c6ccccc6c6ccccc6c5n4)cc3)ccc1n2-c1ccccc1.c1ccc(-c2ccc3c(c2)c2cc(-c4ccc(-c5cnc6c7ccccc7c7ccccc7c6n5)cc4)ccc2n3-c2ccccc2)cc1. The fourth-order valence-electron chi connectivity index (χ4n) is 14.6. The summed E-state index contributed by atoms with van der Waals surface area (Å²) in [5, 5.41) is 14.4. The summed E-state index contributed by atoms with van der Waals surface area (Å²) in [6.45, 7) is 6.84. The zero-order chi connectivity index (χ0) is 64.0. The van der Waals surface area contributed by atoms with E-state index in [9.17, 15) is 0 Å². The molecule has 0 saturated heterocycles. The van der Waals surface area contributed by atoms with Gasteiger partial charge in [-0.2, -0.15) is 0 Å². The van der Waals surface area contributed by atoms with Crippen LogP contribution >= 0.6 is 0 Å². The van der Waals surface area contributed by atoms with Gasteiger partial charge in [0.2, 0.25) is 0 Å². The van der Waals surface area contributed by atoms with Gasteiger partial charge in [-0.1, -0.05) is 257 Å². The van der Waals surface area contributed by atoms with Crippen LogP contribution in [-0.2, 0) is 5.41 Å². The largest absolute Gasteiger partial charge is 0.309 e. The summed E-state index contributed by atoms with van der Waals surface area (Å²) in [7, 11) is 0. The van der Waals surface area contributed by atoms with Crippen LogP contribution in [0.15, 0.2) is 322 Å². The number of fused-ring (bicyclic) bond motifs is 18. The Bertz CT molecular complexity index is 6190. The zero-order valence-corrected chi connectivity index (χ0v) is 53.3. The van der Waals surface area contributed by atoms with E-state index in [0.717, 1.165) is 77.4 Å². The van der Waals surface area contributed by atoms with Crippen LogP contribution in [-0.4, -0.2) is 29.1 Å². The molecule has 0 fully saturated rings. The Morgan fingerprint density at radius 2 is 0.510 bits per heavy atom. The minimum Gasteiger partial charge on any atom is -0.309 e. The molecule has 0 aliphatic rings. The Morgan fingerprint density at radius 3 is 0.875 bits per heavy atom. The minimum atomic E-state index is 0.0633. The molecule has 4 heterocycles. The number of hydrogen-bond donors (Lipinski definition) is 0. The van der Waals surface area contributed by atoms with Crippen LogP contribution in [0.25, 0.3) is 176 Å². The second kappa shape index (κ2) is 22.7. The monoisotopic (exact) mass is 1230 g/mol. The van der Waals surface area contributed by atoms with E-state index in [4.69, 9.17) is 19.9 Å². The van der Waals surface area contributed by atoms with Crippen molar-refractivity contribution < 1.29 is 0 Å². The first kappa shape index (κ1) is 56.4. The maximum atomic E-state index is 5.20. The molecule has 96 heavy (non-hydrogen) atoms. The summed E-state index contributed by atoms with van der Waals surface area (Å²) in [5.74, 6) is 0. The van der Waals surface area contributed by atoms with Crippen molar-refractivity contribution in [1.29, 1.82) is 0 Å². The van der Waals surface area contributed by atoms with Gasteiger partial charge in [-0.15, -0.1) is 0 Å².